The van der Waals surface area contributed by atoms with Crippen molar-refractivity contribution >= 4 is 11.8 Å². The Morgan fingerprint density at radius 3 is 2.40 bits per heavy atom. The van der Waals surface area contributed by atoms with Gasteiger partial charge in [-0.1, -0.05) is 30.3 Å². The van der Waals surface area contributed by atoms with Crippen LogP contribution in [0, 0.1) is 0 Å². The SMILES string of the molecule is COC(=O)/C(N)=C/C(=O)c1ccccc1. The smallest absolute Gasteiger partial charge is 0.354 e. The highest BCUT2D eigenvalue weighted by Gasteiger charge is 2.08. The van der Waals surface area contributed by atoms with Crippen LogP contribution < -0.4 is 5.73 Å². The molecular formula is C11H11NO3. The van der Waals surface area contributed by atoms with Crippen molar-refractivity contribution in [1.82, 2.24) is 0 Å². The molecule has 78 valence electrons. The molecule has 0 bridgehead atoms. The number of nitrogens with two attached hydrogens (primary N) is 1. The summed E-state index contributed by atoms with van der Waals surface area (Å²) in [6.07, 6.45) is 1.06. The number of carbonyl (C=O) groups is 2. The number of ketones is 1. The highest BCUT2D eigenvalue weighted by atomic mass is 16.5. The van der Waals surface area contributed by atoms with Gasteiger partial charge in [-0.05, 0) is 0 Å². The first-order valence-electron chi connectivity index (χ1n) is 4.30. The summed E-state index contributed by atoms with van der Waals surface area (Å²) in [5.41, 5.74) is 5.61. The molecule has 0 unspecified atom stereocenters. The third-order valence-corrected chi connectivity index (χ3v) is 1.77. The zero-order valence-electron chi connectivity index (χ0n) is 8.27. The quantitative estimate of drug-likeness (QED) is 0.452. The molecule has 2 N–H and O–H groups in total. The minimum absolute atomic E-state index is 0.202. The van der Waals surface area contributed by atoms with E-state index in [9.17, 15) is 9.59 Å². The predicted octanol–water partition coefficient (Wildman–Crippen LogP) is 0.885. The Balaban J connectivity index is 2.84. The summed E-state index contributed by atoms with van der Waals surface area (Å²) >= 11 is 0. The Bertz CT molecular complexity index is 396. The number of hydrogen-bond acceptors (Lipinski definition) is 4. The Hall–Kier alpha value is -2.10. The first kappa shape index (κ1) is 11.0. The van der Waals surface area contributed by atoms with Gasteiger partial charge in [-0.15, -0.1) is 0 Å². The molecule has 0 aliphatic rings. The topological polar surface area (TPSA) is 69.4 Å². The second kappa shape index (κ2) is 4.95. The van der Waals surface area contributed by atoms with Crippen molar-refractivity contribution in [1.29, 1.82) is 0 Å². The van der Waals surface area contributed by atoms with Crippen molar-refractivity contribution in [3.05, 3.63) is 47.7 Å². The highest BCUT2D eigenvalue weighted by molar-refractivity contribution is 6.08. The van der Waals surface area contributed by atoms with Crippen molar-refractivity contribution in [3.8, 4) is 0 Å². The molecule has 4 heteroatoms. The molecule has 1 rings (SSSR count). The molecule has 4 nitrogen and oxygen atoms in total. The Kier molecular flexibility index (Phi) is 3.62. The lowest BCUT2D eigenvalue weighted by Gasteiger charge is -1.98. The summed E-state index contributed by atoms with van der Waals surface area (Å²) in [5, 5.41) is 0. The van der Waals surface area contributed by atoms with Crippen molar-refractivity contribution < 1.29 is 14.3 Å². The first-order valence-corrected chi connectivity index (χ1v) is 4.30. The zero-order valence-corrected chi connectivity index (χ0v) is 8.27. The van der Waals surface area contributed by atoms with Gasteiger partial charge >= 0.3 is 5.97 Å². The molecular weight excluding hydrogens is 194 g/mol. The maximum absolute atomic E-state index is 11.5. The molecule has 0 heterocycles. The van der Waals surface area contributed by atoms with Crippen LogP contribution in [0.2, 0.25) is 0 Å². The standard InChI is InChI=1S/C11H11NO3/c1-15-11(14)9(12)7-10(13)8-5-3-2-4-6-8/h2-7H,12H2,1H3/b9-7-. The fraction of sp³-hybridized carbons (Fsp3) is 0.0909. The fourth-order valence-corrected chi connectivity index (χ4v) is 1.00. The van der Waals surface area contributed by atoms with Gasteiger partial charge < -0.3 is 10.5 Å². The average Bonchev–Trinajstić information content (AvgIpc) is 2.29. The van der Waals surface area contributed by atoms with E-state index in [0.29, 0.717) is 5.56 Å². The summed E-state index contributed by atoms with van der Waals surface area (Å²) in [4.78, 5) is 22.4. The van der Waals surface area contributed by atoms with Gasteiger partial charge in [0.05, 0.1) is 7.11 Å². The van der Waals surface area contributed by atoms with Crippen molar-refractivity contribution in [2.75, 3.05) is 7.11 Å². The van der Waals surface area contributed by atoms with E-state index < -0.39 is 5.97 Å². The lowest BCUT2D eigenvalue weighted by Crippen LogP contribution is -2.14. The Morgan fingerprint density at radius 2 is 1.87 bits per heavy atom. The number of methoxy groups -OCH3 is 1. The maximum Gasteiger partial charge on any atom is 0.354 e. The van der Waals surface area contributed by atoms with Gasteiger partial charge in [0.15, 0.2) is 5.78 Å². The van der Waals surface area contributed by atoms with Crippen LogP contribution in [0.15, 0.2) is 42.1 Å². The van der Waals surface area contributed by atoms with Gasteiger partial charge in [-0.2, -0.15) is 0 Å². The van der Waals surface area contributed by atoms with E-state index in [1.807, 2.05) is 0 Å². The molecule has 0 aliphatic carbocycles. The number of rotatable bonds is 3. The lowest BCUT2D eigenvalue weighted by molar-refractivity contribution is -0.136. The van der Waals surface area contributed by atoms with E-state index in [2.05, 4.69) is 4.74 Å². The first-order chi connectivity index (χ1) is 7.15. The van der Waals surface area contributed by atoms with Crippen molar-refractivity contribution in [2.45, 2.75) is 0 Å². The van der Waals surface area contributed by atoms with Gasteiger partial charge in [-0.3, -0.25) is 4.79 Å². The van der Waals surface area contributed by atoms with Crippen LogP contribution in [0.5, 0.6) is 0 Å². The molecule has 0 aliphatic heterocycles. The molecule has 0 aromatic heterocycles. The van der Waals surface area contributed by atoms with Crippen molar-refractivity contribution in [3.63, 3.8) is 0 Å². The Labute approximate surface area is 87.3 Å². The predicted molar refractivity (Wildman–Crippen MR) is 55.1 cm³/mol. The van der Waals surface area contributed by atoms with Crippen LogP contribution in [-0.4, -0.2) is 18.9 Å². The third-order valence-electron chi connectivity index (χ3n) is 1.77. The minimum atomic E-state index is -0.709. The van der Waals surface area contributed by atoms with Crippen LogP contribution in [0.3, 0.4) is 0 Å². The number of ether oxygens (including phenoxy) is 1. The molecule has 0 amide bonds. The molecule has 0 radical (unpaired) electrons. The summed E-state index contributed by atoms with van der Waals surface area (Å²) in [6.45, 7) is 0. The fourth-order valence-electron chi connectivity index (χ4n) is 1.00. The average molecular weight is 205 g/mol. The molecule has 0 spiro atoms. The van der Waals surface area contributed by atoms with E-state index in [-0.39, 0.29) is 11.5 Å². The Morgan fingerprint density at radius 1 is 1.27 bits per heavy atom. The minimum Gasteiger partial charge on any atom is -0.464 e. The van der Waals surface area contributed by atoms with E-state index in [1.165, 1.54) is 7.11 Å². The molecule has 0 atom stereocenters. The maximum atomic E-state index is 11.5. The van der Waals surface area contributed by atoms with Crippen LogP contribution in [-0.2, 0) is 9.53 Å². The van der Waals surface area contributed by atoms with E-state index in [4.69, 9.17) is 5.73 Å². The van der Waals surface area contributed by atoms with Crippen LogP contribution >= 0.6 is 0 Å². The monoisotopic (exact) mass is 205 g/mol. The third kappa shape index (κ3) is 2.95. The number of allylic oxidation sites excluding steroid dienone is 1. The highest BCUT2D eigenvalue weighted by Crippen LogP contribution is 2.02. The molecule has 1 aromatic carbocycles. The number of benzene rings is 1. The number of carbonyl (C=O) groups excluding carboxylic acids is 2. The van der Waals surface area contributed by atoms with E-state index in [1.54, 1.807) is 30.3 Å². The van der Waals surface area contributed by atoms with Crippen LogP contribution in [0.25, 0.3) is 0 Å². The summed E-state index contributed by atoms with van der Waals surface area (Å²) in [5.74, 6) is -1.03. The molecule has 0 saturated heterocycles. The van der Waals surface area contributed by atoms with Gasteiger partial charge in [0.25, 0.3) is 0 Å². The van der Waals surface area contributed by atoms with E-state index >= 15 is 0 Å². The van der Waals surface area contributed by atoms with Gasteiger partial charge in [0.2, 0.25) is 0 Å². The van der Waals surface area contributed by atoms with Crippen molar-refractivity contribution in [2.24, 2.45) is 5.73 Å². The van der Waals surface area contributed by atoms with Gasteiger partial charge in [0.1, 0.15) is 5.70 Å². The summed E-state index contributed by atoms with van der Waals surface area (Å²) < 4.78 is 4.36. The largest absolute Gasteiger partial charge is 0.464 e. The lowest BCUT2D eigenvalue weighted by atomic mass is 10.1. The van der Waals surface area contributed by atoms with Gasteiger partial charge in [0, 0.05) is 11.6 Å². The van der Waals surface area contributed by atoms with Gasteiger partial charge in [-0.25, -0.2) is 4.79 Å². The van der Waals surface area contributed by atoms with Crippen LogP contribution in [0.1, 0.15) is 10.4 Å². The molecule has 0 saturated carbocycles. The number of hydrogen-bond donors (Lipinski definition) is 1. The molecule has 15 heavy (non-hydrogen) atoms. The summed E-state index contributed by atoms with van der Waals surface area (Å²) in [6, 6.07) is 8.54. The number of esters is 1. The summed E-state index contributed by atoms with van der Waals surface area (Å²) in [7, 11) is 1.20. The van der Waals surface area contributed by atoms with Crippen LogP contribution in [0.4, 0.5) is 0 Å². The second-order valence-corrected chi connectivity index (χ2v) is 2.82. The normalized spacial score (nSPS) is 10.9. The molecule has 0 fully saturated rings. The zero-order chi connectivity index (χ0) is 11.3. The second-order valence-electron chi connectivity index (χ2n) is 2.82. The van der Waals surface area contributed by atoms with E-state index in [0.717, 1.165) is 6.08 Å². The molecule has 1 aromatic rings.